The van der Waals surface area contributed by atoms with Crippen molar-refractivity contribution in [2.75, 3.05) is 26.6 Å². The van der Waals surface area contributed by atoms with Gasteiger partial charge in [0.05, 0.1) is 6.61 Å². The molecule has 14 heavy (non-hydrogen) atoms. The van der Waals surface area contributed by atoms with Gasteiger partial charge in [-0.1, -0.05) is 6.07 Å². The first-order valence-electron chi connectivity index (χ1n) is 4.54. The number of hydrogen-bond acceptors (Lipinski definition) is 3. The van der Waals surface area contributed by atoms with Crippen LogP contribution in [-0.4, -0.2) is 26.6 Å². The minimum absolute atomic E-state index is 0.604. The fourth-order valence-corrected chi connectivity index (χ4v) is 1.76. The van der Waals surface area contributed by atoms with E-state index in [0.717, 1.165) is 5.75 Å². The average Bonchev–Trinajstić information content (AvgIpc) is 2.20. The van der Waals surface area contributed by atoms with Gasteiger partial charge in [-0.2, -0.15) is 0 Å². The minimum Gasteiger partial charge on any atom is -0.490 e. The third-order valence-corrected chi connectivity index (χ3v) is 2.62. The fraction of sp³-hybridized carbons (Fsp3) is 0.455. The van der Waals surface area contributed by atoms with E-state index in [4.69, 9.17) is 9.47 Å². The topological polar surface area (TPSA) is 18.5 Å². The number of methoxy groups -OCH3 is 1. The van der Waals surface area contributed by atoms with Gasteiger partial charge in [-0.15, -0.1) is 11.8 Å². The zero-order valence-electron chi connectivity index (χ0n) is 8.87. The molecule has 0 atom stereocenters. The van der Waals surface area contributed by atoms with Crippen LogP contribution in [0.3, 0.4) is 0 Å². The fourth-order valence-electron chi connectivity index (χ4n) is 1.13. The Morgan fingerprint density at radius 3 is 2.71 bits per heavy atom. The van der Waals surface area contributed by atoms with Crippen LogP contribution < -0.4 is 4.74 Å². The zero-order chi connectivity index (χ0) is 10.4. The molecule has 0 fully saturated rings. The molecule has 0 amide bonds. The molecule has 0 bridgehead atoms. The maximum atomic E-state index is 5.58. The van der Waals surface area contributed by atoms with E-state index in [1.165, 1.54) is 10.5 Å². The van der Waals surface area contributed by atoms with E-state index in [0.29, 0.717) is 13.2 Å². The largest absolute Gasteiger partial charge is 0.490 e. The second-order valence-electron chi connectivity index (χ2n) is 3.00. The van der Waals surface area contributed by atoms with Crippen molar-refractivity contribution < 1.29 is 9.47 Å². The SMILES string of the molecule is COCCOc1ccc(C)cc1SC. The number of hydrogen-bond donors (Lipinski definition) is 0. The summed E-state index contributed by atoms with van der Waals surface area (Å²) in [6.45, 7) is 3.31. The van der Waals surface area contributed by atoms with E-state index in [-0.39, 0.29) is 0 Å². The monoisotopic (exact) mass is 212 g/mol. The highest BCUT2D eigenvalue weighted by Gasteiger charge is 2.02. The van der Waals surface area contributed by atoms with Crippen LogP contribution in [0.1, 0.15) is 5.56 Å². The quantitative estimate of drug-likeness (QED) is 0.552. The molecule has 0 saturated carbocycles. The smallest absolute Gasteiger partial charge is 0.132 e. The first-order valence-corrected chi connectivity index (χ1v) is 5.76. The molecule has 0 aliphatic heterocycles. The summed E-state index contributed by atoms with van der Waals surface area (Å²) in [6, 6.07) is 6.20. The molecule has 2 nitrogen and oxygen atoms in total. The van der Waals surface area contributed by atoms with Crippen molar-refractivity contribution in [3.63, 3.8) is 0 Å². The lowest BCUT2D eigenvalue weighted by atomic mass is 10.2. The summed E-state index contributed by atoms with van der Waals surface area (Å²) in [5, 5.41) is 0. The van der Waals surface area contributed by atoms with Crippen molar-refractivity contribution in [3.05, 3.63) is 23.8 Å². The van der Waals surface area contributed by atoms with Crippen LogP contribution in [0.5, 0.6) is 5.75 Å². The first kappa shape index (κ1) is 11.4. The van der Waals surface area contributed by atoms with Gasteiger partial charge >= 0.3 is 0 Å². The van der Waals surface area contributed by atoms with Crippen LogP contribution >= 0.6 is 11.8 Å². The van der Waals surface area contributed by atoms with Gasteiger partial charge < -0.3 is 9.47 Å². The summed E-state index contributed by atoms with van der Waals surface area (Å²) in [5.74, 6) is 0.945. The predicted octanol–water partition coefficient (Wildman–Crippen LogP) is 2.74. The van der Waals surface area contributed by atoms with Crippen LogP contribution in [0, 0.1) is 6.92 Å². The summed E-state index contributed by atoms with van der Waals surface area (Å²) in [7, 11) is 1.67. The molecule has 1 aromatic rings. The van der Waals surface area contributed by atoms with E-state index in [1.54, 1.807) is 18.9 Å². The number of benzene rings is 1. The highest BCUT2D eigenvalue weighted by molar-refractivity contribution is 7.98. The first-order chi connectivity index (χ1) is 6.77. The van der Waals surface area contributed by atoms with E-state index >= 15 is 0 Å². The molecule has 0 heterocycles. The second kappa shape index (κ2) is 5.94. The van der Waals surface area contributed by atoms with Gasteiger partial charge in [-0.25, -0.2) is 0 Å². The van der Waals surface area contributed by atoms with Crippen molar-refractivity contribution in [1.29, 1.82) is 0 Å². The Labute approximate surface area is 89.6 Å². The molecule has 1 aromatic carbocycles. The van der Waals surface area contributed by atoms with E-state index in [1.807, 2.05) is 6.07 Å². The molecule has 3 heteroatoms. The zero-order valence-corrected chi connectivity index (χ0v) is 9.69. The van der Waals surface area contributed by atoms with Crippen molar-refractivity contribution >= 4 is 11.8 Å². The van der Waals surface area contributed by atoms with Crippen molar-refractivity contribution in [2.24, 2.45) is 0 Å². The third kappa shape index (κ3) is 3.24. The van der Waals surface area contributed by atoms with Gasteiger partial charge in [0.15, 0.2) is 0 Å². The summed E-state index contributed by atoms with van der Waals surface area (Å²) in [5.41, 5.74) is 1.26. The number of thioether (sulfide) groups is 1. The van der Waals surface area contributed by atoms with Crippen LogP contribution in [0.4, 0.5) is 0 Å². The molecule has 0 aliphatic carbocycles. The highest BCUT2D eigenvalue weighted by Crippen LogP contribution is 2.28. The Bertz CT molecular complexity index is 287. The van der Waals surface area contributed by atoms with Crippen molar-refractivity contribution in [3.8, 4) is 5.75 Å². The number of rotatable bonds is 5. The summed E-state index contributed by atoms with van der Waals surface area (Å²) in [6.07, 6.45) is 2.05. The van der Waals surface area contributed by atoms with Gasteiger partial charge in [0.1, 0.15) is 12.4 Å². The molecule has 0 N–H and O–H groups in total. The molecular weight excluding hydrogens is 196 g/mol. The molecule has 78 valence electrons. The average molecular weight is 212 g/mol. The van der Waals surface area contributed by atoms with E-state index < -0.39 is 0 Å². The van der Waals surface area contributed by atoms with Crippen LogP contribution in [-0.2, 0) is 4.74 Å². The van der Waals surface area contributed by atoms with Gasteiger partial charge in [0, 0.05) is 12.0 Å². The molecule has 0 radical (unpaired) electrons. The lowest BCUT2D eigenvalue weighted by Gasteiger charge is -2.10. The third-order valence-electron chi connectivity index (χ3n) is 1.86. The van der Waals surface area contributed by atoms with Gasteiger partial charge in [-0.3, -0.25) is 0 Å². The molecule has 0 unspecified atom stereocenters. The number of aryl methyl sites for hydroxylation is 1. The maximum absolute atomic E-state index is 5.58. The summed E-state index contributed by atoms with van der Waals surface area (Å²) in [4.78, 5) is 1.18. The highest BCUT2D eigenvalue weighted by atomic mass is 32.2. The predicted molar refractivity (Wildman–Crippen MR) is 60.3 cm³/mol. The Morgan fingerprint density at radius 2 is 2.07 bits per heavy atom. The molecule has 0 aromatic heterocycles. The van der Waals surface area contributed by atoms with Gasteiger partial charge in [0.2, 0.25) is 0 Å². The summed E-state index contributed by atoms with van der Waals surface area (Å²) >= 11 is 1.70. The lowest BCUT2D eigenvalue weighted by Crippen LogP contribution is -2.04. The van der Waals surface area contributed by atoms with Crippen LogP contribution in [0.25, 0.3) is 0 Å². The Hall–Kier alpha value is -0.670. The molecule has 1 rings (SSSR count). The minimum atomic E-state index is 0.604. The van der Waals surface area contributed by atoms with Gasteiger partial charge in [0.25, 0.3) is 0 Å². The standard InChI is InChI=1S/C11H16O2S/c1-9-4-5-10(11(8-9)14-3)13-7-6-12-2/h4-5,8H,6-7H2,1-3H3. The Balaban J connectivity index is 2.65. The molecule has 0 saturated heterocycles. The second-order valence-corrected chi connectivity index (χ2v) is 3.84. The maximum Gasteiger partial charge on any atom is 0.132 e. The van der Waals surface area contributed by atoms with Crippen LogP contribution in [0.2, 0.25) is 0 Å². The molecular formula is C11H16O2S. The Kier molecular flexibility index (Phi) is 4.84. The molecule has 0 aliphatic rings. The molecule has 0 spiro atoms. The van der Waals surface area contributed by atoms with Gasteiger partial charge in [-0.05, 0) is 30.9 Å². The summed E-state index contributed by atoms with van der Waals surface area (Å²) < 4.78 is 10.5. The van der Waals surface area contributed by atoms with E-state index in [9.17, 15) is 0 Å². The lowest BCUT2D eigenvalue weighted by molar-refractivity contribution is 0.145. The normalized spacial score (nSPS) is 10.2. The number of ether oxygens (including phenoxy) is 2. The van der Waals surface area contributed by atoms with E-state index in [2.05, 4.69) is 25.3 Å². The Morgan fingerprint density at radius 1 is 1.29 bits per heavy atom. The van der Waals surface area contributed by atoms with Crippen molar-refractivity contribution in [1.82, 2.24) is 0 Å². The van der Waals surface area contributed by atoms with Crippen molar-refractivity contribution in [2.45, 2.75) is 11.8 Å². The van der Waals surface area contributed by atoms with Crippen LogP contribution in [0.15, 0.2) is 23.1 Å².